The maximum atomic E-state index is 12.0. The number of carboxylic acids is 1. The number of likely N-dealkylation sites (tertiary alicyclic amines) is 1. The summed E-state index contributed by atoms with van der Waals surface area (Å²) in [5, 5.41) is 9.49. The quantitative estimate of drug-likeness (QED) is 0.869. The number of amides is 1. The molecule has 1 aliphatic heterocycles. The van der Waals surface area contributed by atoms with Gasteiger partial charge >= 0.3 is 12.1 Å². The van der Waals surface area contributed by atoms with Crippen LogP contribution in [0.2, 0.25) is 0 Å². The van der Waals surface area contributed by atoms with Gasteiger partial charge in [-0.3, -0.25) is 4.79 Å². The predicted molar refractivity (Wildman–Crippen MR) is 76.7 cm³/mol. The number of hydrogen-bond acceptors (Lipinski definition) is 3. The minimum Gasteiger partial charge on any atom is -0.481 e. The zero-order chi connectivity index (χ0) is 15.6. The Morgan fingerprint density at radius 1 is 1.45 bits per heavy atom. The van der Waals surface area contributed by atoms with E-state index in [-0.39, 0.29) is 6.54 Å². The van der Waals surface area contributed by atoms with Gasteiger partial charge in [0.2, 0.25) is 0 Å². The van der Waals surface area contributed by atoms with Crippen molar-refractivity contribution in [3.8, 4) is 0 Å². The summed E-state index contributed by atoms with van der Waals surface area (Å²) in [6, 6.07) is 0. The Kier molecular flexibility index (Phi) is 5.08. The number of ether oxygens (including phenoxy) is 1. The maximum absolute atomic E-state index is 12.0. The molecule has 1 rings (SSSR count). The van der Waals surface area contributed by atoms with E-state index in [1.807, 2.05) is 0 Å². The van der Waals surface area contributed by atoms with Crippen molar-refractivity contribution >= 4 is 23.7 Å². The second kappa shape index (κ2) is 6.04. The summed E-state index contributed by atoms with van der Waals surface area (Å²) in [6.45, 7) is 7.67. The lowest BCUT2D eigenvalue weighted by Crippen LogP contribution is -2.39. The summed E-state index contributed by atoms with van der Waals surface area (Å²) < 4.78 is 5.28. The molecule has 1 heterocycles. The fourth-order valence-electron chi connectivity index (χ4n) is 2.32. The van der Waals surface area contributed by atoms with Crippen LogP contribution in [0.3, 0.4) is 0 Å². The van der Waals surface area contributed by atoms with Gasteiger partial charge in [-0.2, -0.15) is 0 Å². The van der Waals surface area contributed by atoms with Crippen LogP contribution in [0.1, 0.15) is 40.5 Å². The third-order valence-corrected chi connectivity index (χ3v) is 3.64. The van der Waals surface area contributed by atoms with Crippen LogP contribution in [0.4, 0.5) is 4.79 Å². The first-order valence-electron chi connectivity index (χ1n) is 6.57. The molecule has 1 unspecified atom stereocenters. The molecule has 1 fully saturated rings. The van der Waals surface area contributed by atoms with Crippen molar-refractivity contribution < 1.29 is 19.4 Å². The van der Waals surface area contributed by atoms with Gasteiger partial charge in [0, 0.05) is 18.6 Å². The average Bonchev–Trinajstić information content (AvgIpc) is 2.72. The van der Waals surface area contributed by atoms with Crippen molar-refractivity contribution in [2.24, 2.45) is 5.41 Å². The van der Waals surface area contributed by atoms with E-state index in [1.165, 1.54) is 10.4 Å². The van der Waals surface area contributed by atoms with Crippen molar-refractivity contribution in [1.29, 1.82) is 0 Å². The van der Waals surface area contributed by atoms with Crippen LogP contribution in [-0.2, 0) is 9.53 Å². The standard InChI is InChI=1S/C14H22ClNO4/c1-10(8-15)7-14(11(17)18)5-6-16(9-14)12(19)20-13(2,3)4/h8H,5-7,9H2,1-4H3,(H,17,18). The Bertz CT molecular complexity index is 427. The number of allylic oxidation sites excluding steroid dienone is 1. The van der Waals surface area contributed by atoms with E-state index in [2.05, 4.69) is 0 Å². The SMILES string of the molecule is CC(=CCl)CC1(C(=O)O)CCN(C(=O)OC(C)(C)C)C1. The number of carboxylic acid groups (broad SMARTS) is 1. The molecule has 1 saturated heterocycles. The molecule has 0 aromatic carbocycles. The van der Waals surface area contributed by atoms with Crippen molar-refractivity contribution in [2.75, 3.05) is 13.1 Å². The highest BCUT2D eigenvalue weighted by Crippen LogP contribution is 2.37. The van der Waals surface area contributed by atoms with Gasteiger partial charge in [-0.15, -0.1) is 0 Å². The zero-order valence-electron chi connectivity index (χ0n) is 12.4. The number of carbonyl (C=O) groups excluding carboxylic acids is 1. The normalized spacial score (nSPS) is 23.9. The number of nitrogens with zero attached hydrogens (tertiary/aromatic N) is 1. The lowest BCUT2D eigenvalue weighted by atomic mass is 9.81. The molecule has 0 aromatic rings. The van der Waals surface area contributed by atoms with Gasteiger partial charge in [-0.1, -0.05) is 17.2 Å². The fourth-order valence-corrected chi connectivity index (χ4v) is 2.40. The Hall–Kier alpha value is -1.23. The molecular formula is C14H22ClNO4. The van der Waals surface area contributed by atoms with Crippen LogP contribution in [0.5, 0.6) is 0 Å². The van der Waals surface area contributed by atoms with Crippen LogP contribution in [0, 0.1) is 5.41 Å². The molecule has 0 aliphatic carbocycles. The molecule has 20 heavy (non-hydrogen) atoms. The van der Waals surface area contributed by atoms with Crippen molar-refractivity contribution in [3.05, 3.63) is 11.1 Å². The monoisotopic (exact) mass is 303 g/mol. The molecule has 0 aromatic heterocycles. The minimum atomic E-state index is -0.966. The third-order valence-electron chi connectivity index (χ3n) is 3.26. The minimum absolute atomic E-state index is 0.152. The molecule has 6 heteroatoms. The summed E-state index contributed by atoms with van der Waals surface area (Å²) in [4.78, 5) is 25.0. The highest BCUT2D eigenvalue weighted by Gasteiger charge is 2.47. The molecule has 1 atom stereocenters. The van der Waals surface area contributed by atoms with E-state index in [1.54, 1.807) is 27.7 Å². The van der Waals surface area contributed by atoms with E-state index in [0.717, 1.165) is 5.57 Å². The highest BCUT2D eigenvalue weighted by molar-refractivity contribution is 6.25. The smallest absolute Gasteiger partial charge is 0.410 e. The summed E-state index contributed by atoms with van der Waals surface area (Å²) in [7, 11) is 0. The zero-order valence-corrected chi connectivity index (χ0v) is 13.2. The van der Waals surface area contributed by atoms with E-state index in [4.69, 9.17) is 16.3 Å². The Morgan fingerprint density at radius 2 is 2.05 bits per heavy atom. The Balaban J connectivity index is 2.80. The maximum Gasteiger partial charge on any atom is 0.410 e. The number of halogens is 1. The van der Waals surface area contributed by atoms with E-state index in [9.17, 15) is 14.7 Å². The van der Waals surface area contributed by atoms with Gasteiger partial charge < -0.3 is 14.7 Å². The van der Waals surface area contributed by atoms with Crippen LogP contribution in [-0.4, -0.2) is 40.8 Å². The summed E-state index contributed by atoms with van der Waals surface area (Å²) in [6.07, 6.45) is 0.280. The molecule has 114 valence electrons. The number of hydrogen-bond donors (Lipinski definition) is 1. The van der Waals surface area contributed by atoms with Gasteiger partial charge in [-0.25, -0.2) is 4.79 Å². The van der Waals surface area contributed by atoms with Gasteiger partial charge in [0.05, 0.1) is 5.41 Å². The predicted octanol–water partition coefficient (Wildman–Crippen LogP) is 3.23. The number of carbonyl (C=O) groups is 2. The second-order valence-electron chi connectivity index (χ2n) is 6.37. The van der Waals surface area contributed by atoms with Crippen LogP contribution < -0.4 is 0 Å². The lowest BCUT2D eigenvalue weighted by Gasteiger charge is -2.27. The van der Waals surface area contributed by atoms with Crippen molar-refractivity contribution in [1.82, 2.24) is 4.90 Å². The first-order chi connectivity index (χ1) is 9.09. The van der Waals surface area contributed by atoms with Crippen LogP contribution in [0.25, 0.3) is 0 Å². The van der Waals surface area contributed by atoms with E-state index < -0.39 is 23.1 Å². The molecule has 0 bridgehead atoms. The molecule has 1 aliphatic rings. The van der Waals surface area contributed by atoms with Gasteiger partial charge in [0.15, 0.2) is 0 Å². The molecule has 1 N–H and O–H groups in total. The largest absolute Gasteiger partial charge is 0.481 e. The van der Waals surface area contributed by atoms with E-state index in [0.29, 0.717) is 19.4 Å². The first kappa shape index (κ1) is 16.8. The third kappa shape index (κ3) is 4.13. The number of aliphatic carboxylic acids is 1. The Labute approximate surface area is 124 Å². The molecular weight excluding hydrogens is 282 g/mol. The Morgan fingerprint density at radius 3 is 2.50 bits per heavy atom. The first-order valence-corrected chi connectivity index (χ1v) is 7.00. The van der Waals surface area contributed by atoms with Crippen molar-refractivity contribution in [2.45, 2.75) is 46.1 Å². The number of rotatable bonds is 3. The molecule has 0 spiro atoms. The molecule has 0 radical (unpaired) electrons. The average molecular weight is 304 g/mol. The van der Waals surface area contributed by atoms with E-state index >= 15 is 0 Å². The molecule has 5 nitrogen and oxygen atoms in total. The summed E-state index contributed by atoms with van der Waals surface area (Å²) in [5.74, 6) is -0.901. The van der Waals surface area contributed by atoms with Gasteiger partial charge in [0.25, 0.3) is 0 Å². The fraction of sp³-hybridized carbons (Fsp3) is 0.714. The van der Waals surface area contributed by atoms with Crippen LogP contribution >= 0.6 is 11.6 Å². The topological polar surface area (TPSA) is 66.8 Å². The van der Waals surface area contributed by atoms with Crippen molar-refractivity contribution in [3.63, 3.8) is 0 Å². The lowest BCUT2D eigenvalue weighted by molar-refractivity contribution is -0.148. The van der Waals surface area contributed by atoms with Crippen LogP contribution in [0.15, 0.2) is 11.1 Å². The summed E-state index contributed by atoms with van der Waals surface area (Å²) in [5.41, 5.74) is 0.630. The van der Waals surface area contributed by atoms with Gasteiger partial charge in [-0.05, 0) is 40.5 Å². The summed E-state index contributed by atoms with van der Waals surface area (Å²) >= 11 is 5.62. The highest BCUT2D eigenvalue weighted by atomic mass is 35.5. The molecule has 0 saturated carbocycles. The van der Waals surface area contributed by atoms with Gasteiger partial charge in [0.1, 0.15) is 5.60 Å². The molecule has 1 amide bonds. The second-order valence-corrected chi connectivity index (χ2v) is 6.59.